The maximum Gasteiger partial charge on any atom is 0.241 e. The van der Waals surface area contributed by atoms with Gasteiger partial charge in [-0.15, -0.1) is 0 Å². The molecule has 1 amide bonds. The van der Waals surface area contributed by atoms with Gasteiger partial charge in [0, 0.05) is 47.6 Å². The van der Waals surface area contributed by atoms with Gasteiger partial charge in [-0.05, 0) is 24.6 Å². The van der Waals surface area contributed by atoms with Crippen LogP contribution in [0.5, 0.6) is 0 Å². The van der Waals surface area contributed by atoms with Gasteiger partial charge in [-0.3, -0.25) is 13.9 Å². The molecule has 1 saturated heterocycles. The fourth-order valence-electron chi connectivity index (χ4n) is 2.23. The van der Waals surface area contributed by atoms with Gasteiger partial charge in [-0.2, -0.15) is 0 Å². The van der Waals surface area contributed by atoms with Gasteiger partial charge in [-0.1, -0.05) is 12.1 Å². The molecule has 0 spiro atoms. The highest BCUT2D eigenvalue weighted by Crippen LogP contribution is 2.12. The summed E-state index contributed by atoms with van der Waals surface area (Å²) in [5.74, 6) is 1.27. The number of nitrogens with one attached hydrogen (secondary N) is 1. The van der Waals surface area contributed by atoms with Crippen molar-refractivity contribution >= 4 is 22.4 Å². The summed E-state index contributed by atoms with van der Waals surface area (Å²) in [6.45, 7) is 3.77. The summed E-state index contributed by atoms with van der Waals surface area (Å²) in [5, 5.41) is 2.91. The molecule has 0 saturated carbocycles. The quantitative estimate of drug-likeness (QED) is 0.850. The molecule has 20 heavy (non-hydrogen) atoms. The van der Waals surface area contributed by atoms with Crippen molar-refractivity contribution in [2.24, 2.45) is 5.73 Å². The Kier molecular flexibility index (Phi) is 5.28. The van der Waals surface area contributed by atoms with Crippen molar-refractivity contribution in [2.75, 3.05) is 29.9 Å². The predicted molar refractivity (Wildman–Crippen MR) is 81.9 cm³/mol. The molecule has 6 heteroatoms. The van der Waals surface area contributed by atoms with Crippen LogP contribution in [-0.2, 0) is 22.1 Å². The van der Waals surface area contributed by atoms with Crippen LogP contribution in [0.25, 0.3) is 0 Å². The van der Waals surface area contributed by atoms with E-state index < -0.39 is 10.8 Å². The smallest absolute Gasteiger partial charge is 0.241 e. The fraction of sp³-hybridized carbons (Fsp3) is 0.500. The molecule has 1 aliphatic heterocycles. The molecule has 0 bridgehead atoms. The second kappa shape index (κ2) is 6.97. The van der Waals surface area contributed by atoms with Crippen LogP contribution in [0.2, 0.25) is 0 Å². The van der Waals surface area contributed by atoms with Gasteiger partial charge in [0.05, 0.1) is 6.04 Å². The molecule has 1 aromatic carbocycles. The minimum Gasteiger partial charge on any atom is -0.326 e. The molecule has 3 N–H and O–H groups in total. The molecule has 110 valence electrons. The average Bonchev–Trinajstić information content (AvgIpc) is 2.47. The number of nitrogens with zero attached hydrogens (tertiary/aromatic N) is 1. The van der Waals surface area contributed by atoms with Crippen molar-refractivity contribution in [2.45, 2.75) is 19.5 Å². The summed E-state index contributed by atoms with van der Waals surface area (Å²) in [5.41, 5.74) is 7.35. The fourth-order valence-corrected chi connectivity index (χ4v) is 3.31. The molecule has 1 atom stereocenters. The van der Waals surface area contributed by atoms with E-state index in [9.17, 15) is 9.00 Å². The summed E-state index contributed by atoms with van der Waals surface area (Å²) < 4.78 is 11.3. The molecule has 5 nitrogen and oxygen atoms in total. The normalized spacial score (nSPS) is 18.7. The Labute approximate surface area is 122 Å². The van der Waals surface area contributed by atoms with Gasteiger partial charge in [0.15, 0.2) is 0 Å². The predicted octanol–water partition coefficient (Wildman–Crippen LogP) is 0.537. The van der Waals surface area contributed by atoms with Gasteiger partial charge >= 0.3 is 0 Å². The van der Waals surface area contributed by atoms with E-state index in [1.807, 2.05) is 31.2 Å². The summed E-state index contributed by atoms with van der Waals surface area (Å²) in [6.07, 6.45) is 0. The van der Waals surface area contributed by atoms with Crippen molar-refractivity contribution in [3.8, 4) is 0 Å². The number of benzene rings is 1. The van der Waals surface area contributed by atoms with E-state index in [0.717, 1.165) is 11.3 Å². The Morgan fingerprint density at radius 3 is 2.80 bits per heavy atom. The van der Waals surface area contributed by atoms with Crippen molar-refractivity contribution in [1.82, 2.24) is 4.90 Å². The highest BCUT2D eigenvalue weighted by molar-refractivity contribution is 7.85. The van der Waals surface area contributed by atoms with E-state index in [2.05, 4.69) is 10.2 Å². The number of amides is 1. The Bertz CT molecular complexity index is 497. The lowest BCUT2D eigenvalue weighted by molar-refractivity contribution is -0.120. The van der Waals surface area contributed by atoms with Crippen LogP contribution in [0.3, 0.4) is 0 Å². The van der Waals surface area contributed by atoms with E-state index in [-0.39, 0.29) is 11.9 Å². The summed E-state index contributed by atoms with van der Waals surface area (Å²) >= 11 is 0. The first-order valence-electron chi connectivity index (χ1n) is 6.79. The van der Waals surface area contributed by atoms with E-state index in [0.29, 0.717) is 31.1 Å². The lowest BCUT2D eigenvalue weighted by atomic mass is 10.2. The minimum atomic E-state index is -0.720. The van der Waals surface area contributed by atoms with Crippen LogP contribution in [0.1, 0.15) is 12.5 Å². The van der Waals surface area contributed by atoms with Crippen LogP contribution < -0.4 is 11.1 Å². The van der Waals surface area contributed by atoms with E-state index in [1.165, 1.54) is 0 Å². The lowest BCUT2D eigenvalue weighted by Crippen LogP contribution is -2.48. The van der Waals surface area contributed by atoms with Crippen molar-refractivity contribution < 1.29 is 9.00 Å². The Morgan fingerprint density at radius 1 is 1.45 bits per heavy atom. The molecule has 1 unspecified atom stereocenters. The van der Waals surface area contributed by atoms with Crippen LogP contribution in [-0.4, -0.2) is 45.7 Å². The second-order valence-electron chi connectivity index (χ2n) is 4.95. The average molecular weight is 295 g/mol. The maximum absolute atomic E-state index is 12.2. The molecule has 1 heterocycles. The zero-order valence-electron chi connectivity index (χ0n) is 11.7. The molecule has 1 fully saturated rings. The molecule has 0 aromatic heterocycles. The lowest BCUT2D eigenvalue weighted by Gasteiger charge is -2.31. The van der Waals surface area contributed by atoms with Crippen molar-refractivity contribution in [3.63, 3.8) is 0 Å². The third-order valence-corrected chi connectivity index (χ3v) is 4.85. The number of carbonyl (C=O) groups is 1. The number of anilines is 1. The minimum absolute atomic E-state index is 0.0353. The Morgan fingerprint density at radius 2 is 2.15 bits per heavy atom. The maximum atomic E-state index is 12.2. The van der Waals surface area contributed by atoms with Gasteiger partial charge in [-0.25, -0.2) is 0 Å². The first kappa shape index (κ1) is 15.2. The number of rotatable bonds is 4. The van der Waals surface area contributed by atoms with E-state index in [4.69, 9.17) is 5.73 Å². The summed E-state index contributed by atoms with van der Waals surface area (Å²) in [7, 11) is -0.720. The molecule has 2 rings (SSSR count). The first-order chi connectivity index (χ1) is 9.60. The number of hydrogen-bond acceptors (Lipinski definition) is 4. The second-order valence-corrected chi connectivity index (χ2v) is 6.65. The van der Waals surface area contributed by atoms with E-state index in [1.54, 1.807) is 0 Å². The van der Waals surface area contributed by atoms with Crippen LogP contribution >= 0.6 is 0 Å². The molecule has 0 aliphatic carbocycles. The van der Waals surface area contributed by atoms with Crippen molar-refractivity contribution in [3.05, 3.63) is 29.8 Å². The van der Waals surface area contributed by atoms with E-state index >= 15 is 0 Å². The molecule has 1 aliphatic rings. The molecule has 1 aromatic rings. The van der Waals surface area contributed by atoms with Gasteiger partial charge < -0.3 is 11.1 Å². The third-order valence-electron chi connectivity index (χ3n) is 3.57. The van der Waals surface area contributed by atoms with Gasteiger partial charge in [0.2, 0.25) is 5.91 Å². The summed E-state index contributed by atoms with van der Waals surface area (Å²) in [4.78, 5) is 14.3. The van der Waals surface area contributed by atoms with Gasteiger partial charge in [0.25, 0.3) is 0 Å². The summed E-state index contributed by atoms with van der Waals surface area (Å²) in [6, 6.07) is 7.34. The standard InChI is InChI=1S/C14H21N3O2S/c1-11(17-5-7-20(19)8-6-17)14(18)16-13-4-2-3-12(9-13)10-15/h2-4,9,11H,5-8,10,15H2,1H3,(H,16,18). The zero-order chi connectivity index (χ0) is 14.5. The molecular formula is C14H21N3O2S. The third kappa shape index (κ3) is 3.88. The highest BCUT2D eigenvalue weighted by Gasteiger charge is 2.24. The first-order valence-corrected chi connectivity index (χ1v) is 8.28. The number of carbonyl (C=O) groups excluding carboxylic acids is 1. The molecular weight excluding hydrogens is 274 g/mol. The Hall–Kier alpha value is -1.24. The SMILES string of the molecule is CC(C(=O)Nc1cccc(CN)c1)N1CCS(=O)CC1. The highest BCUT2D eigenvalue weighted by atomic mass is 32.2. The largest absolute Gasteiger partial charge is 0.326 e. The molecule has 0 radical (unpaired) electrons. The zero-order valence-corrected chi connectivity index (χ0v) is 12.5. The number of nitrogens with two attached hydrogens (primary N) is 1. The van der Waals surface area contributed by atoms with Crippen LogP contribution in [0, 0.1) is 0 Å². The topological polar surface area (TPSA) is 75.4 Å². The monoisotopic (exact) mass is 295 g/mol. The van der Waals surface area contributed by atoms with Crippen molar-refractivity contribution in [1.29, 1.82) is 0 Å². The van der Waals surface area contributed by atoms with Gasteiger partial charge in [0.1, 0.15) is 0 Å². The Balaban J connectivity index is 1.95. The van der Waals surface area contributed by atoms with Crippen LogP contribution in [0.15, 0.2) is 24.3 Å². The number of hydrogen-bond donors (Lipinski definition) is 2. The van der Waals surface area contributed by atoms with Crippen LogP contribution in [0.4, 0.5) is 5.69 Å².